The van der Waals surface area contributed by atoms with Crippen LogP contribution < -0.4 is 4.94 Å². The molecule has 0 fully saturated rings. The molecule has 1 aromatic rings. The molecule has 0 radical (unpaired) electrons. The zero-order chi connectivity index (χ0) is 15.2. The summed E-state index contributed by atoms with van der Waals surface area (Å²) in [4.78, 5) is 4.10. The lowest BCUT2D eigenvalue weighted by atomic mass is 9.82. The molecule has 0 aliphatic carbocycles. The van der Waals surface area contributed by atoms with Crippen LogP contribution in [0.5, 0.6) is 5.75 Å². The van der Waals surface area contributed by atoms with Crippen molar-refractivity contribution >= 4 is 6.08 Å². The summed E-state index contributed by atoms with van der Waals surface area (Å²) >= 11 is 0. The van der Waals surface area contributed by atoms with E-state index in [4.69, 9.17) is 0 Å². The van der Waals surface area contributed by atoms with Crippen LogP contribution in [0.25, 0.3) is 6.08 Å². The van der Waals surface area contributed by atoms with Gasteiger partial charge in [-0.3, -0.25) is 4.94 Å². The molecule has 0 saturated carbocycles. The van der Waals surface area contributed by atoms with Crippen LogP contribution >= 0.6 is 0 Å². The van der Waals surface area contributed by atoms with Gasteiger partial charge < -0.3 is 0 Å². The smallest absolute Gasteiger partial charge is 0.183 e. The molecule has 0 spiro atoms. The van der Waals surface area contributed by atoms with Crippen molar-refractivity contribution in [3.05, 3.63) is 34.9 Å². The summed E-state index contributed by atoms with van der Waals surface area (Å²) in [6.45, 7) is 18.0. The summed E-state index contributed by atoms with van der Waals surface area (Å²) in [5, 5.41) is 0. The Morgan fingerprint density at radius 1 is 1.32 bits per heavy atom. The van der Waals surface area contributed by atoms with Gasteiger partial charge in [0.1, 0.15) is 0 Å². The Labute approximate surface area is 117 Å². The van der Waals surface area contributed by atoms with Crippen molar-refractivity contribution in [3.8, 4) is 5.75 Å². The van der Waals surface area contributed by atoms with E-state index in [9.17, 15) is 4.53 Å². The lowest BCUT2D eigenvalue weighted by Crippen LogP contribution is -2.14. The van der Waals surface area contributed by atoms with Gasteiger partial charge in [-0.2, -0.15) is 0 Å². The van der Waals surface area contributed by atoms with E-state index in [1.54, 1.807) is 6.08 Å². The molecule has 0 aromatic heterocycles. The molecule has 108 valence electrons. The second-order valence-corrected chi connectivity index (χ2v) is 5.34. The predicted octanol–water partition coefficient (Wildman–Crippen LogP) is 5.79. The first-order valence-electron chi connectivity index (χ1n) is 6.94. The Balaban J connectivity index is 0.00000154. The highest BCUT2D eigenvalue weighted by molar-refractivity contribution is 5.65. The predicted molar refractivity (Wildman–Crippen MR) is 82.4 cm³/mol. The number of aryl methyl sites for hydroxylation is 1. The minimum Gasteiger partial charge on any atom is -0.293 e. The molecule has 0 aliphatic heterocycles. The molecule has 1 rings (SSSR count). The molecule has 0 saturated heterocycles. The van der Waals surface area contributed by atoms with E-state index in [0.29, 0.717) is 5.75 Å². The fourth-order valence-corrected chi connectivity index (χ4v) is 2.09. The van der Waals surface area contributed by atoms with Crippen LogP contribution in [0.3, 0.4) is 0 Å². The summed E-state index contributed by atoms with van der Waals surface area (Å²) < 4.78 is 12.8. The van der Waals surface area contributed by atoms with E-state index in [-0.39, 0.29) is 5.41 Å². The van der Waals surface area contributed by atoms with Gasteiger partial charge in [0, 0.05) is 15.7 Å². The van der Waals surface area contributed by atoms with Crippen LogP contribution in [-0.2, 0) is 11.8 Å². The SMILES string of the molecule is C=Cc1c(C)c(CC)cc(C(C)(C)C)c1OF.CC. The first kappa shape index (κ1) is 17.7. The van der Waals surface area contributed by atoms with Gasteiger partial charge in [-0.1, -0.05) is 60.3 Å². The summed E-state index contributed by atoms with van der Waals surface area (Å²) in [7, 11) is 0. The van der Waals surface area contributed by atoms with Gasteiger partial charge in [-0.05, 0) is 29.9 Å². The maximum Gasteiger partial charge on any atom is 0.183 e. The van der Waals surface area contributed by atoms with E-state index < -0.39 is 0 Å². The monoisotopic (exact) mass is 266 g/mol. The van der Waals surface area contributed by atoms with Crippen LogP contribution in [-0.4, -0.2) is 0 Å². The molecule has 0 N–H and O–H groups in total. The van der Waals surface area contributed by atoms with Crippen molar-refractivity contribution < 1.29 is 9.47 Å². The molecule has 0 bridgehead atoms. The standard InChI is InChI=1S/C15H21FO.C2H6/c1-7-11-9-13(15(4,5)6)14(17-16)12(8-2)10(11)3;1-2/h8-9H,2,7H2,1,3-6H3;1-2H3. The molecule has 0 heterocycles. The normalized spacial score (nSPS) is 10.5. The first-order chi connectivity index (χ1) is 8.86. The van der Waals surface area contributed by atoms with E-state index in [1.165, 1.54) is 5.56 Å². The molecule has 0 aliphatic rings. The summed E-state index contributed by atoms with van der Waals surface area (Å²) in [5.41, 5.74) is 3.75. The van der Waals surface area contributed by atoms with E-state index in [1.807, 2.05) is 47.6 Å². The third-order valence-corrected chi connectivity index (χ3v) is 3.16. The van der Waals surface area contributed by atoms with Gasteiger partial charge in [0.25, 0.3) is 0 Å². The zero-order valence-corrected chi connectivity index (χ0v) is 13.4. The Morgan fingerprint density at radius 2 is 1.84 bits per heavy atom. The van der Waals surface area contributed by atoms with Crippen molar-refractivity contribution in [1.82, 2.24) is 0 Å². The molecule has 0 atom stereocenters. The Hall–Kier alpha value is -1.31. The summed E-state index contributed by atoms with van der Waals surface area (Å²) in [5.74, 6) is 0.308. The molecule has 1 aromatic carbocycles. The zero-order valence-electron chi connectivity index (χ0n) is 13.4. The van der Waals surface area contributed by atoms with Crippen molar-refractivity contribution in [2.45, 2.75) is 60.3 Å². The van der Waals surface area contributed by atoms with Gasteiger partial charge in [0.05, 0.1) is 0 Å². The van der Waals surface area contributed by atoms with Crippen LogP contribution in [0.15, 0.2) is 12.6 Å². The fourth-order valence-electron chi connectivity index (χ4n) is 2.09. The van der Waals surface area contributed by atoms with Crippen molar-refractivity contribution in [2.75, 3.05) is 0 Å². The van der Waals surface area contributed by atoms with E-state index in [2.05, 4.69) is 18.4 Å². The molecule has 2 heteroatoms. The van der Waals surface area contributed by atoms with Crippen LogP contribution in [0.2, 0.25) is 0 Å². The minimum absolute atomic E-state index is 0.156. The second-order valence-electron chi connectivity index (χ2n) is 5.34. The number of benzene rings is 1. The summed E-state index contributed by atoms with van der Waals surface area (Å²) in [6.07, 6.45) is 2.58. The van der Waals surface area contributed by atoms with Crippen molar-refractivity contribution in [1.29, 1.82) is 0 Å². The lowest BCUT2D eigenvalue weighted by Gasteiger charge is -2.24. The maximum absolute atomic E-state index is 12.8. The molecule has 0 unspecified atom stereocenters. The molecular formula is C17H27FO. The fraction of sp³-hybridized carbons (Fsp3) is 0.529. The average molecular weight is 266 g/mol. The highest BCUT2D eigenvalue weighted by atomic mass is 19.3. The minimum atomic E-state index is -0.156. The number of hydrogen-bond donors (Lipinski definition) is 0. The van der Waals surface area contributed by atoms with E-state index >= 15 is 0 Å². The lowest BCUT2D eigenvalue weighted by molar-refractivity contribution is -0.00862. The van der Waals surface area contributed by atoms with E-state index in [0.717, 1.165) is 23.1 Å². The molecule has 19 heavy (non-hydrogen) atoms. The van der Waals surface area contributed by atoms with Crippen LogP contribution in [0.1, 0.15) is 63.8 Å². The maximum atomic E-state index is 12.8. The van der Waals surface area contributed by atoms with Gasteiger partial charge >= 0.3 is 0 Å². The Morgan fingerprint density at radius 3 is 2.16 bits per heavy atom. The summed E-state index contributed by atoms with van der Waals surface area (Å²) in [6, 6.07) is 2.04. The Bertz CT molecular complexity index is 428. The largest absolute Gasteiger partial charge is 0.293 e. The third-order valence-electron chi connectivity index (χ3n) is 3.16. The van der Waals surface area contributed by atoms with Gasteiger partial charge in [-0.15, -0.1) is 0 Å². The first-order valence-corrected chi connectivity index (χ1v) is 6.94. The van der Waals surface area contributed by atoms with Crippen molar-refractivity contribution in [3.63, 3.8) is 0 Å². The van der Waals surface area contributed by atoms with Gasteiger partial charge in [-0.25, -0.2) is 0 Å². The Kier molecular flexibility index (Phi) is 6.82. The molecule has 0 amide bonds. The van der Waals surface area contributed by atoms with Gasteiger partial charge in [0.15, 0.2) is 5.75 Å². The topological polar surface area (TPSA) is 9.23 Å². The third kappa shape index (κ3) is 3.82. The highest BCUT2D eigenvalue weighted by Crippen LogP contribution is 2.38. The number of halogens is 1. The molecular weight excluding hydrogens is 239 g/mol. The van der Waals surface area contributed by atoms with Crippen LogP contribution in [0, 0.1) is 6.92 Å². The average Bonchev–Trinajstić information content (AvgIpc) is 2.38. The van der Waals surface area contributed by atoms with Crippen molar-refractivity contribution in [2.24, 2.45) is 0 Å². The van der Waals surface area contributed by atoms with Gasteiger partial charge in [0.2, 0.25) is 0 Å². The number of rotatable bonds is 3. The highest BCUT2D eigenvalue weighted by Gasteiger charge is 2.24. The second kappa shape index (κ2) is 7.32. The molecule has 1 nitrogen and oxygen atoms in total. The number of hydrogen-bond acceptors (Lipinski definition) is 1. The quantitative estimate of drug-likeness (QED) is 0.673. The van der Waals surface area contributed by atoms with Crippen LogP contribution in [0.4, 0.5) is 4.53 Å².